The van der Waals surface area contributed by atoms with Gasteiger partial charge in [0.2, 0.25) is 5.91 Å². The number of carbonyl (C=O) groups excluding carboxylic acids is 1. The van der Waals surface area contributed by atoms with Crippen LogP contribution < -0.4 is 5.32 Å². The lowest BCUT2D eigenvalue weighted by molar-refractivity contribution is -0.121. The standard InChI is InChI=1S/C16H21NOS/c1-5-16(6-2,7-3)17-15(18)12-13-8-10-14(19-4)11-9-13/h1,8-11H,6-7,12H2,2-4H3,(H,17,18). The zero-order chi connectivity index (χ0) is 14.3. The van der Waals surface area contributed by atoms with E-state index in [1.165, 1.54) is 4.90 Å². The van der Waals surface area contributed by atoms with Crippen molar-refractivity contribution < 1.29 is 4.79 Å². The van der Waals surface area contributed by atoms with Gasteiger partial charge in [0.1, 0.15) is 5.54 Å². The molecular formula is C16H21NOS. The van der Waals surface area contributed by atoms with Gasteiger partial charge in [0.05, 0.1) is 6.42 Å². The van der Waals surface area contributed by atoms with E-state index in [2.05, 4.69) is 11.2 Å². The minimum Gasteiger partial charge on any atom is -0.340 e. The number of terminal acetylenes is 1. The van der Waals surface area contributed by atoms with Crippen molar-refractivity contribution in [1.29, 1.82) is 0 Å². The summed E-state index contributed by atoms with van der Waals surface area (Å²) < 4.78 is 0. The molecule has 0 saturated carbocycles. The Labute approximate surface area is 120 Å². The fourth-order valence-electron chi connectivity index (χ4n) is 1.91. The maximum atomic E-state index is 12.0. The molecular weight excluding hydrogens is 254 g/mol. The monoisotopic (exact) mass is 275 g/mol. The molecule has 0 aromatic heterocycles. The summed E-state index contributed by atoms with van der Waals surface area (Å²) in [5.41, 5.74) is 0.504. The number of hydrogen-bond donors (Lipinski definition) is 1. The third-order valence-electron chi connectivity index (χ3n) is 3.39. The van der Waals surface area contributed by atoms with Crippen molar-refractivity contribution in [3.05, 3.63) is 29.8 Å². The van der Waals surface area contributed by atoms with Gasteiger partial charge in [0, 0.05) is 4.90 Å². The van der Waals surface area contributed by atoms with Crippen LogP contribution in [-0.2, 0) is 11.2 Å². The molecule has 1 amide bonds. The number of hydrogen-bond acceptors (Lipinski definition) is 2. The average molecular weight is 275 g/mol. The molecule has 1 aromatic carbocycles. The van der Waals surface area contributed by atoms with Crippen LogP contribution in [0.15, 0.2) is 29.2 Å². The van der Waals surface area contributed by atoms with Crippen molar-refractivity contribution in [3.63, 3.8) is 0 Å². The third-order valence-corrected chi connectivity index (χ3v) is 4.13. The van der Waals surface area contributed by atoms with Crippen LogP contribution in [0, 0.1) is 12.3 Å². The molecule has 2 nitrogen and oxygen atoms in total. The first-order chi connectivity index (χ1) is 9.09. The zero-order valence-electron chi connectivity index (χ0n) is 11.8. The summed E-state index contributed by atoms with van der Waals surface area (Å²) in [6.07, 6.45) is 9.44. The van der Waals surface area contributed by atoms with Gasteiger partial charge in [-0.25, -0.2) is 0 Å². The van der Waals surface area contributed by atoms with Crippen LogP contribution in [0.1, 0.15) is 32.3 Å². The number of nitrogens with one attached hydrogen (secondary N) is 1. The summed E-state index contributed by atoms with van der Waals surface area (Å²) in [5.74, 6) is 2.70. The van der Waals surface area contributed by atoms with Crippen LogP contribution in [0.4, 0.5) is 0 Å². The van der Waals surface area contributed by atoms with E-state index in [9.17, 15) is 4.79 Å². The number of carbonyl (C=O) groups is 1. The SMILES string of the molecule is C#CC(CC)(CC)NC(=O)Cc1ccc(SC)cc1. The molecule has 0 aliphatic heterocycles. The van der Waals surface area contributed by atoms with Crippen molar-refractivity contribution >= 4 is 17.7 Å². The van der Waals surface area contributed by atoms with Crippen LogP contribution in [0.3, 0.4) is 0 Å². The number of thioether (sulfide) groups is 1. The highest BCUT2D eigenvalue weighted by molar-refractivity contribution is 7.98. The van der Waals surface area contributed by atoms with Crippen molar-refractivity contribution in [2.24, 2.45) is 0 Å². The van der Waals surface area contributed by atoms with E-state index in [-0.39, 0.29) is 5.91 Å². The molecule has 0 unspecified atom stereocenters. The second-order valence-electron chi connectivity index (χ2n) is 4.51. The lowest BCUT2D eigenvalue weighted by atomic mass is 9.93. The Bertz CT molecular complexity index is 455. The second kappa shape index (κ2) is 7.25. The Balaban J connectivity index is 2.66. The van der Waals surface area contributed by atoms with E-state index in [1.54, 1.807) is 11.8 Å². The summed E-state index contributed by atoms with van der Waals surface area (Å²) in [6, 6.07) is 8.03. The maximum Gasteiger partial charge on any atom is 0.225 e. The normalized spacial score (nSPS) is 10.8. The van der Waals surface area contributed by atoms with Gasteiger partial charge in [-0.05, 0) is 36.8 Å². The van der Waals surface area contributed by atoms with Gasteiger partial charge in [0.15, 0.2) is 0 Å². The highest BCUT2D eigenvalue weighted by Crippen LogP contribution is 2.16. The van der Waals surface area contributed by atoms with Gasteiger partial charge in [-0.3, -0.25) is 4.79 Å². The fraction of sp³-hybridized carbons (Fsp3) is 0.438. The first-order valence-electron chi connectivity index (χ1n) is 6.50. The maximum absolute atomic E-state index is 12.0. The van der Waals surface area contributed by atoms with Gasteiger partial charge in [-0.2, -0.15) is 0 Å². The first kappa shape index (κ1) is 15.7. The smallest absolute Gasteiger partial charge is 0.225 e. The van der Waals surface area contributed by atoms with Crippen LogP contribution in [0.5, 0.6) is 0 Å². The Hall–Kier alpha value is -1.40. The molecule has 19 heavy (non-hydrogen) atoms. The lowest BCUT2D eigenvalue weighted by Crippen LogP contribution is -2.47. The Morgan fingerprint density at radius 1 is 1.32 bits per heavy atom. The van der Waals surface area contributed by atoms with Gasteiger partial charge in [0.25, 0.3) is 0 Å². The predicted molar refractivity (Wildman–Crippen MR) is 82.2 cm³/mol. The van der Waals surface area contributed by atoms with Gasteiger partial charge in [-0.15, -0.1) is 18.2 Å². The van der Waals surface area contributed by atoms with E-state index in [0.29, 0.717) is 6.42 Å². The Morgan fingerprint density at radius 3 is 2.32 bits per heavy atom. The molecule has 0 heterocycles. The topological polar surface area (TPSA) is 29.1 Å². The minimum absolute atomic E-state index is 0.0152. The lowest BCUT2D eigenvalue weighted by Gasteiger charge is -2.27. The molecule has 0 spiro atoms. The summed E-state index contributed by atoms with van der Waals surface area (Å²) in [7, 11) is 0. The van der Waals surface area contributed by atoms with E-state index in [0.717, 1.165) is 18.4 Å². The van der Waals surface area contributed by atoms with Gasteiger partial charge >= 0.3 is 0 Å². The van der Waals surface area contributed by atoms with E-state index >= 15 is 0 Å². The quantitative estimate of drug-likeness (QED) is 0.638. The second-order valence-corrected chi connectivity index (χ2v) is 5.39. The highest BCUT2D eigenvalue weighted by atomic mass is 32.2. The highest BCUT2D eigenvalue weighted by Gasteiger charge is 2.24. The Morgan fingerprint density at radius 2 is 1.89 bits per heavy atom. The zero-order valence-corrected chi connectivity index (χ0v) is 12.6. The van der Waals surface area contributed by atoms with Crippen LogP contribution in [-0.4, -0.2) is 17.7 Å². The summed E-state index contributed by atoms with van der Waals surface area (Å²) in [6.45, 7) is 3.99. The number of rotatable bonds is 6. The number of amides is 1. The summed E-state index contributed by atoms with van der Waals surface area (Å²) in [4.78, 5) is 13.2. The van der Waals surface area contributed by atoms with Crippen molar-refractivity contribution in [2.45, 2.75) is 43.5 Å². The molecule has 0 fully saturated rings. The first-order valence-corrected chi connectivity index (χ1v) is 7.73. The molecule has 102 valence electrons. The summed E-state index contributed by atoms with van der Waals surface area (Å²) in [5, 5.41) is 2.98. The molecule has 0 aliphatic rings. The average Bonchev–Trinajstić information content (AvgIpc) is 2.46. The van der Waals surface area contributed by atoms with Gasteiger partial charge in [-0.1, -0.05) is 31.9 Å². The van der Waals surface area contributed by atoms with Crippen molar-refractivity contribution in [2.75, 3.05) is 6.26 Å². The molecule has 1 N–H and O–H groups in total. The molecule has 0 radical (unpaired) electrons. The molecule has 0 atom stereocenters. The van der Waals surface area contributed by atoms with Crippen molar-refractivity contribution in [3.8, 4) is 12.3 Å². The molecule has 0 saturated heterocycles. The molecule has 1 aromatic rings. The molecule has 0 aliphatic carbocycles. The summed E-state index contributed by atoms with van der Waals surface area (Å²) >= 11 is 1.69. The molecule has 0 bridgehead atoms. The van der Waals surface area contributed by atoms with Gasteiger partial charge < -0.3 is 5.32 Å². The van der Waals surface area contributed by atoms with Crippen molar-refractivity contribution in [1.82, 2.24) is 5.32 Å². The van der Waals surface area contributed by atoms with E-state index in [4.69, 9.17) is 6.42 Å². The molecule has 3 heteroatoms. The third kappa shape index (κ3) is 4.33. The fourth-order valence-corrected chi connectivity index (χ4v) is 2.32. The largest absolute Gasteiger partial charge is 0.340 e. The van der Waals surface area contributed by atoms with E-state index < -0.39 is 5.54 Å². The van der Waals surface area contributed by atoms with Crippen LogP contribution in [0.2, 0.25) is 0 Å². The van der Waals surface area contributed by atoms with E-state index in [1.807, 2.05) is 44.4 Å². The van der Waals surface area contributed by atoms with Crippen LogP contribution >= 0.6 is 11.8 Å². The molecule has 1 rings (SSSR count). The predicted octanol–water partition coefficient (Wildman–Crippen LogP) is 3.26. The Kier molecular flexibility index (Phi) is 5.98. The van der Waals surface area contributed by atoms with Crippen LogP contribution in [0.25, 0.3) is 0 Å². The minimum atomic E-state index is -0.504. The number of benzene rings is 1.